The predicted molar refractivity (Wildman–Crippen MR) is 120 cm³/mol. The Morgan fingerprint density at radius 3 is 2.38 bits per heavy atom. The van der Waals surface area contributed by atoms with E-state index in [0.29, 0.717) is 16.7 Å². The second-order valence-electron chi connectivity index (χ2n) is 7.85. The average Bonchev–Trinajstić information content (AvgIpc) is 3.31. The number of benzene rings is 2. The number of hydrogen-bond acceptors (Lipinski definition) is 5. The maximum atomic E-state index is 13.0. The molecule has 0 fully saturated rings. The molecule has 0 aliphatic rings. The van der Waals surface area contributed by atoms with E-state index in [0.717, 1.165) is 0 Å². The molecule has 1 amide bonds. The molecule has 166 valence electrons. The summed E-state index contributed by atoms with van der Waals surface area (Å²) in [7, 11) is 0. The smallest absolute Gasteiger partial charge is 0.330 e. The number of nitrogens with one attached hydrogen (secondary N) is 1. The molecule has 1 N–H and O–H groups in total. The van der Waals surface area contributed by atoms with Crippen molar-refractivity contribution >= 4 is 17.7 Å². The third-order valence-electron chi connectivity index (χ3n) is 4.98. The van der Waals surface area contributed by atoms with Crippen molar-refractivity contribution in [3.8, 4) is 0 Å². The molecule has 7 nitrogen and oxygen atoms in total. The molecule has 0 aliphatic heterocycles. The molecule has 3 aromatic rings. The number of aromatic nitrogens is 2. The Hall–Kier alpha value is -3.74. The van der Waals surface area contributed by atoms with Crippen LogP contribution in [0.15, 0.2) is 73.3 Å². The normalized spacial score (nSPS) is 12.8. The lowest BCUT2D eigenvalue weighted by atomic mass is 9.95. The van der Waals surface area contributed by atoms with Crippen molar-refractivity contribution in [2.24, 2.45) is 0 Å². The molecule has 0 saturated heterocycles. The van der Waals surface area contributed by atoms with Crippen LogP contribution in [0.2, 0.25) is 0 Å². The second-order valence-corrected chi connectivity index (χ2v) is 7.85. The quantitative estimate of drug-likeness (QED) is 0.413. The number of nitrogens with zero attached hydrogens (tertiary/aromatic N) is 2. The number of carbonyl (C=O) groups excluding carboxylic acids is 3. The van der Waals surface area contributed by atoms with Crippen LogP contribution in [0.4, 0.5) is 0 Å². The van der Waals surface area contributed by atoms with E-state index in [1.54, 1.807) is 80.5 Å². The van der Waals surface area contributed by atoms with Crippen LogP contribution in [-0.4, -0.2) is 39.4 Å². The molecular weight excluding hydrogens is 406 g/mol. The van der Waals surface area contributed by atoms with Gasteiger partial charge in [-0.1, -0.05) is 48.5 Å². The summed E-state index contributed by atoms with van der Waals surface area (Å²) < 4.78 is 7.02. The summed E-state index contributed by atoms with van der Waals surface area (Å²) in [5.74, 6) is -1.53. The lowest BCUT2D eigenvalue weighted by molar-refractivity contribution is -0.152. The van der Waals surface area contributed by atoms with E-state index in [1.165, 1.54) is 0 Å². The van der Waals surface area contributed by atoms with Crippen molar-refractivity contribution < 1.29 is 19.1 Å². The highest BCUT2D eigenvalue weighted by Crippen LogP contribution is 2.19. The van der Waals surface area contributed by atoms with E-state index in [2.05, 4.69) is 10.3 Å². The molecule has 1 aromatic heterocycles. The molecule has 7 heteroatoms. The van der Waals surface area contributed by atoms with Crippen LogP contribution in [-0.2, 0) is 20.9 Å². The highest BCUT2D eigenvalue weighted by Gasteiger charge is 2.27. The van der Waals surface area contributed by atoms with Gasteiger partial charge in [-0.3, -0.25) is 9.59 Å². The molecule has 0 spiro atoms. The summed E-state index contributed by atoms with van der Waals surface area (Å²) in [6.07, 6.45) is 4.58. The first-order chi connectivity index (χ1) is 15.3. The van der Waals surface area contributed by atoms with Crippen molar-refractivity contribution in [3.05, 3.63) is 90.0 Å². The standard InChI is InChI=1S/C25H27N3O4/c1-17(2)32-25(31)22(15-28-13-12-26-16-28)27-24(30)18(3)20-10-7-11-21(14-20)23(29)19-8-5-4-6-9-19/h4-14,16-18,22H,15H2,1-3H3,(H,27,30)/t18-,22+/m0/s1. The number of ketones is 1. The Bertz CT molecular complexity index is 1060. The van der Waals surface area contributed by atoms with Crippen molar-refractivity contribution in [1.29, 1.82) is 0 Å². The second kappa shape index (κ2) is 10.5. The minimum atomic E-state index is -0.865. The van der Waals surface area contributed by atoms with Crippen LogP contribution < -0.4 is 5.32 Å². The summed E-state index contributed by atoms with van der Waals surface area (Å²) in [4.78, 5) is 42.3. The number of carbonyl (C=O) groups is 3. The van der Waals surface area contributed by atoms with Crippen molar-refractivity contribution in [2.45, 2.75) is 45.4 Å². The Morgan fingerprint density at radius 2 is 1.72 bits per heavy atom. The Kier molecular flexibility index (Phi) is 7.54. The zero-order valence-corrected chi connectivity index (χ0v) is 18.4. The van der Waals surface area contributed by atoms with Crippen LogP contribution in [0.3, 0.4) is 0 Å². The minimum absolute atomic E-state index is 0.112. The zero-order valence-electron chi connectivity index (χ0n) is 18.4. The lowest BCUT2D eigenvalue weighted by Gasteiger charge is -2.22. The Morgan fingerprint density at radius 1 is 1.00 bits per heavy atom. The highest BCUT2D eigenvalue weighted by molar-refractivity contribution is 6.09. The molecule has 2 aromatic carbocycles. The van der Waals surface area contributed by atoms with E-state index >= 15 is 0 Å². The molecule has 0 aliphatic carbocycles. The van der Waals surface area contributed by atoms with E-state index in [-0.39, 0.29) is 24.3 Å². The number of ether oxygens (including phenoxy) is 1. The van der Waals surface area contributed by atoms with Gasteiger partial charge in [-0.2, -0.15) is 0 Å². The minimum Gasteiger partial charge on any atom is -0.461 e. The average molecular weight is 434 g/mol. The van der Waals surface area contributed by atoms with Crippen LogP contribution in [0.25, 0.3) is 0 Å². The van der Waals surface area contributed by atoms with Crippen LogP contribution >= 0.6 is 0 Å². The largest absolute Gasteiger partial charge is 0.461 e. The maximum absolute atomic E-state index is 13.0. The molecule has 3 rings (SSSR count). The number of hydrogen-bond donors (Lipinski definition) is 1. The first kappa shape index (κ1) is 22.9. The van der Waals surface area contributed by atoms with Crippen LogP contribution in [0, 0.1) is 0 Å². The van der Waals surface area contributed by atoms with Gasteiger partial charge in [0.1, 0.15) is 6.04 Å². The van der Waals surface area contributed by atoms with Gasteiger partial charge < -0.3 is 14.6 Å². The molecule has 32 heavy (non-hydrogen) atoms. The molecular formula is C25H27N3O4. The summed E-state index contributed by atoms with van der Waals surface area (Å²) in [6, 6.07) is 15.1. The van der Waals surface area contributed by atoms with Gasteiger partial charge in [-0.15, -0.1) is 0 Å². The monoisotopic (exact) mass is 433 g/mol. The topological polar surface area (TPSA) is 90.3 Å². The number of imidazole rings is 1. The van der Waals surface area contributed by atoms with Gasteiger partial charge in [-0.05, 0) is 32.4 Å². The van der Waals surface area contributed by atoms with E-state index in [1.807, 2.05) is 18.2 Å². The summed E-state index contributed by atoms with van der Waals surface area (Å²) in [5, 5.41) is 2.79. The predicted octanol–water partition coefficient (Wildman–Crippen LogP) is 3.35. The molecule has 0 radical (unpaired) electrons. The first-order valence-corrected chi connectivity index (χ1v) is 10.5. The van der Waals surface area contributed by atoms with Crippen molar-refractivity contribution in [2.75, 3.05) is 0 Å². The maximum Gasteiger partial charge on any atom is 0.330 e. The summed E-state index contributed by atoms with van der Waals surface area (Å²) >= 11 is 0. The molecule has 0 saturated carbocycles. The van der Waals surface area contributed by atoms with Gasteiger partial charge in [0.05, 0.1) is 24.9 Å². The number of amides is 1. The van der Waals surface area contributed by atoms with Gasteiger partial charge in [0.2, 0.25) is 5.91 Å². The molecule has 1 heterocycles. The first-order valence-electron chi connectivity index (χ1n) is 10.5. The third-order valence-corrected chi connectivity index (χ3v) is 4.98. The highest BCUT2D eigenvalue weighted by atomic mass is 16.5. The number of rotatable bonds is 9. The van der Waals surface area contributed by atoms with Gasteiger partial charge >= 0.3 is 5.97 Å². The van der Waals surface area contributed by atoms with Gasteiger partial charge in [0.25, 0.3) is 0 Å². The molecule has 0 unspecified atom stereocenters. The fourth-order valence-corrected chi connectivity index (χ4v) is 3.25. The van der Waals surface area contributed by atoms with Crippen LogP contribution in [0.1, 0.15) is 48.2 Å². The van der Waals surface area contributed by atoms with Crippen molar-refractivity contribution in [1.82, 2.24) is 14.9 Å². The van der Waals surface area contributed by atoms with Gasteiger partial charge in [0.15, 0.2) is 5.78 Å². The fourth-order valence-electron chi connectivity index (χ4n) is 3.25. The van der Waals surface area contributed by atoms with Crippen LogP contribution in [0.5, 0.6) is 0 Å². The third kappa shape index (κ3) is 5.91. The Balaban J connectivity index is 1.75. The van der Waals surface area contributed by atoms with Crippen molar-refractivity contribution in [3.63, 3.8) is 0 Å². The number of esters is 1. The molecule has 0 bridgehead atoms. The SMILES string of the molecule is CC(C)OC(=O)[C@@H](Cn1ccnc1)NC(=O)[C@@H](C)c1cccc(C(=O)c2ccccc2)c1. The summed E-state index contributed by atoms with van der Waals surface area (Å²) in [6.45, 7) is 5.46. The van der Waals surface area contributed by atoms with E-state index in [4.69, 9.17) is 4.74 Å². The lowest BCUT2D eigenvalue weighted by Crippen LogP contribution is -2.46. The fraction of sp³-hybridized carbons (Fsp3) is 0.280. The molecule has 2 atom stereocenters. The van der Waals surface area contributed by atoms with Gasteiger partial charge in [-0.25, -0.2) is 9.78 Å². The summed E-state index contributed by atoms with van der Waals surface area (Å²) in [5.41, 5.74) is 1.77. The van der Waals surface area contributed by atoms with Gasteiger partial charge in [0, 0.05) is 23.5 Å². The van der Waals surface area contributed by atoms with E-state index in [9.17, 15) is 14.4 Å². The van der Waals surface area contributed by atoms with E-state index < -0.39 is 17.9 Å². The Labute approximate surface area is 187 Å². The zero-order chi connectivity index (χ0) is 23.1.